The molecule has 0 spiro atoms. The van der Waals surface area contributed by atoms with E-state index in [1.54, 1.807) is 4.90 Å². The first-order chi connectivity index (χ1) is 9.41. The number of nitrogens with zero attached hydrogens (tertiary/aromatic N) is 1. The van der Waals surface area contributed by atoms with Crippen LogP contribution in [-0.2, 0) is 9.59 Å². The molecule has 0 saturated carbocycles. The van der Waals surface area contributed by atoms with E-state index < -0.39 is 6.04 Å². The van der Waals surface area contributed by atoms with Gasteiger partial charge in [-0.05, 0) is 40.4 Å². The number of nitrogens with one attached hydrogen (secondary N) is 1. The van der Waals surface area contributed by atoms with Gasteiger partial charge in [0.15, 0.2) is 0 Å². The lowest BCUT2D eigenvalue weighted by atomic mass is 10.0. The van der Waals surface area contributed by atoms with Crippen LogP contribution in [0.5, 0.6) is 0 Å². The summed E-state index contributed by atoms with van der Waals surface area (Å²) in [7, 11) is 0. The first kappa shape index (κ1) is 15.0. The summed E-state index contributed by atoms with van der Waals surface area (Å²) >= 11 is 3.54. The molecule has 1 unspecified atom stereocenters. The van der Waals surface area contributed by atoms with Crippen molar-refractivity contribution < 1.29 is 9.59 Å². The van der Waals surface area contributed by atoms with Gasteiger partial charge in [-0.15, -0.1) is 0 Å². The molecule has 5 heteroatoms. The fourth-order valence-electron chi connectivity index (χ4n) is 2.33. The normalized spacial score (nSPS) is 20.1. The van der Waals surface area contributed by atoms with Crippen molar-refractivity contribution >= 4 is 33.4 Å². The van der Waals surface area contributed by atoms with Gasteiger partial charge in [-0.2, -0.15) is 0 Å². The number of aryl methyl sites for hydroxylation is 1. The maximum absolute atomic E-state index is 12.7. The van der Waals surface area contributed by atoms with Crippen LogP contribution in [0.4, 0.5) is 5.69 Å². The molecule has 1 aromatic rings. The quantitative estimate of drug-likeness (QED) is 0.901. The van der Waals surface area contributed by atoms with E-state index in [-0.39, 0.29) is 17.7 Å². The molecule has 2 rings (SSSR count). The van der Waals surface area contributed by atoms with Crippen LogP contribution in [0.3, 0.4) is 0 Å². The smallest absolute Gasteiger partial charge is 0.249 e. The minimum atomic E-state index is -0.461. The van der Waals surface area contributed by atoms with Gasteiger partial charge in [0.25, 0.3) is 0 Å². The number of carbonyl (C=O) groups is 2. The summed E-state index contributed by atoms with van der Waals surface area (Å²) in [6.07, 6.45) is 0.329. The molecule has 20 heavy (non-hydrogen) atoms. The van der Waals surface area contributed by atoms with Gasteiger partial charge in [-0.1, -0.05) is 26.0 Å². The van der Waals surface area contributed by atoms with E-state index >= 15 is 0 Å². The highest BCUT2D eigenvalue weighted by Gasteiger charge is 2.33. The summed E-state index contributed by atoms with van der Waals surface area (Å²) in [6, 6.07) is 5.35. The molecule has 0 aromatic heterocycles. The predicted molar refractivity (Wildman–Crippen MR) is 82.6 cm³/mol. The SMILES string of the molecule is Cc1cccc(N2CCC(=O)NC(C(C)C)C2=O)c1Br. The van der Waals surface area contributed by atoms with Gasteiger partial charge in [0.05, 0.1) is 5.69 Å². The standard InChI is InChI=1S/C15H19BrN2O2/c1-9(2)14-15(20)18(8-7-12(19)17-14)11-6-4-5-10(3)13(11)16/h4-6,9,14H,7-8H2,1-3H3,(H,17,19). The highest BCUT2D eigenvalue weighted by Crippen LogP contribution is 2.31. The third kappa shape index (κ3) is 2.87. The summed E-state index contributed by atoms with van der Waals surface area (Å²) in [5.74, 6) is -0.0453. The summed E-state index contributed by atoms with van der Waals surface area (Å²) < 4.78 is 0.908. The maximum Gasteiger partial charge on any atom is 0.249 e. The maximum atomic E-state index is 12.7. The molecule has 0 radical (unpaired) electrons. The molecule has 1 aliphatic rings. The summed E-state index contributed by atoms with van der Waals surface area (Å²) in [5.41, 5.74) is 1.90. The van der Waals surface area contributed by atoms with Gasteiger partial charge in [0.1, 0.15) is 6.04 Å². The molecule has 1 aromatic carbocycles. The summed E-state index contributed by atoms with van der Waals surface area (Å²) in [5, 5.41) is 2.82. The third-order valence-corrected chi connectivity index (χ3v) is 4.57. The molecule has 1 atom stereocenters. The van der Waals surface area contributed by atoms with Gasteiger partial charge >= 0.3 is 0 Å². The Hall–Kier alpha value is -1.36. The summed E-state index contributed by atoms with van der Waals surface area (Å²) in [4.78, 5) is 26.2. The van der Waals surface area contributed by atoms with Crippen molar-refractivity contribution in [2.24, 2.45) is 5.92 Å². The molecule has 1 aliphatic heterocycles. The fourth-order valence-corrected chi connectivity index (χ4v) is 2.81. The molecule has 0 bridgehead atoms. The van der Waals surface area contributed by atoms with Crippen molar-refractivity contribution in [1.29, 1.82) is 0 Å². The van der Waals surface area contributed by atoms with Gasteiger partial charge in [0, 0.05) is 17.4 Å². The van der Waals surface area contributed by atoms with Crippen LogP contribution in [0.15, 0.2) is 22.7 Å². The molecule has 1 saturated heterocycles. The van der Waals surface area contributed by atoms with Crippen LogP contribution in [0.2, 0.25) is 0 Å². The van der Waals surface area contributed by atoms with E-state index in [0.717, 1.165) is 15.7 Å². The van der Waals surface area contributed by atoms with E-state index in [0.29, 0.717) is 13.0 Å². The number of hydrogen-bond donors (Lipinski definition) is 1. The zero-order chi connectivity index (χ0) is 14.9. The first-order valence-electron chi connectivity index (χ1n) is 6.77. The van der Waals surface area contributed by atoms with E-state index in [2.05, 4.69) is 21.2 Å². The lowest BCUT2D eigenvalue weighted by molar-refractivity contribution is -0.126. The number of carbonyl (C=O) groups excluding carboxylic acids is 2. The van der Waals surface area contributed by atoms with Gasteiger partial charge in [-0.25, -0.2) is 0 Å². The van der Waals surface area contributed by atoms with Crippen LogP contribution < -0.4 is 10.2 Å². The number of halogens is 1. The lowest BCUT2D eigenvalue weighted by Crippen LogP contribution is -2.48. The average Bonchev–Trinajstić information content (AvgIpc) is 2.53. The van der Waals surface area contributed by atoms with Crippen molar-refractivity contribution in [2.75, 3.05) is 11.4 Å². The first-order valence-corrected chi connectivity index (χ1v) is 7.57. The zero-order valence-electron chi connectivity index (χ0n) is 11.9. The van der Waals surface area contributed by atoms with Crippen LogP contribution >= 0.6 is 15.9 Å². The molecule has 2 amide bonds. The van der Waals surface area contributed by atoms with E-state index in [1.807, 2.05) is 39.0 Å². The van der Waals surface area contributed by atoms with Crippen molar-refractivity contribution in [1.82, 2.24) is 5.32 Å². The Kier molecular flexibility index (Phi) is 4.48. The Morgan fingerprint density at radius 3 is 2.70 bits per heavy atom. The Labute approximate surface area is 127 Å². The van der Waals surface area contributed by atoms with Crippen LogP contribution in [-0.4, -0.2) is 24.4 Å². The van der Waals surface area contributed by atoms with Crippen molar-refractivity contribution in [3.8, 4) is 0 Å². The molecule has 1 fully saturated rings. The number of anilines is 1. The zero-order valence-corrected chi connectivity index (χ0v) is 13.5. The molecule has 0 aliphatic carbocycles. The Morgan fingerprint density at radius 2 is 2.05 bits per heavy atom. The Bertz CT molecular complexity index is 543. The van der Waals surface area contributed by atoms with Crippen molar-refractivity contribution in [3.63, 3.8) is 0 Å². The molecule has 108 valence electrons. The second kappa shape index (κ2) is 5.95. The molecule has 1 N–H and O–H groups in total. The molecular weight excluding hydrogens is 320 g/mol. The van der Waals surface area contributed by atoms with E-state index in [4.69, 9.17) is 0 Å². The second-order valence-corrected chi connectivity index (χ2v) is 6.23. The molecule has 4 nitrogen and oxygen atoms in total. The highest BCUT2D eigenvalue weighted by molar-refractivity contribution is 9.10. The Morgan fingerprint density at radius 1 is 1.35 bits per heavy atom. The van der Waals surface area contributed by atoms with Crippen LogP contribution in [0.25, 0.3) is 0 Å². The van der Waals surface area contributed by atoms with Crippen molar-refractivity contribution in [2.45, 2.75) is 33.2 Å². The van der Waals surface area contributed by atoms with Crippen LogP contribution in [0.1, 0.15) is 25.8 Å². The van der Waals surface area contributed by atoms with E-state index in [9.17, 15) is 9.59 Å². The monoisotopic (exact) mass is 338 g/mol. The van der Waals surface area contributed by atoms with Crippen LogP contribution in [0, 0.1) is 12.8 Å². The largest absolute Gasteiger partial charge is 0.344 e. The number of hydrogen-bond acceptors (Lipinski definition) is 2. The molecule has 1 heterocycles. The van der Waals surface area contributed by atoms with Gasteiger partial charge in [0.2, 0.25) is 11.8 Å². The topological polar surface area (TPSA) is 49.4 Å². The second-order valence-electron chi connectivity index (χ2n) is 5.44. The summed E-state index contributed by atoms with van der Waals surface area (Å²) in [6.45, 7) is 6.28. The third-order valence-electron chi connectivity index (χ3n) is 3.54. The lowest BCUT2D eigenvalue weighted by Gasteiger charge is -2.27. The molecular formula is C15H19BrN2O2. The predicted octanol–water partition coefficient (Wildman–Crippen LogP) is 2.64. The minimum absolute atomic E-state index is 0.0443. The minimum Gasteiger partial charge on any atom is -0.344 e. The van der Waals surface area contributed by atoms with Gasteiger partial charge in [-0.3, -0.25) is 9.59 Å². The fraction of sp³-hybridized carbons (Fsp3) is 0.467. The number of amides is 2. The van der Waals surface area contributed by atoms with E-state index in [1.165, 1.54) is 0 Å². The van der Waals surface area contributed by atoms with Crippen molar-refractivity contribution in [3.05, 3.63) is 28.2 Å². The highest BCUT2D eigenvalue weighted by atomic mass is 79.9. The average molecular weight is 339 g/mol. The number of rotatable bonds is 2. The Balaban J connectivity index is 2.41. The number of benzene rings is 1. The van der Waals surface area contributed by atoms with Gasteiger partial charge < -0.3 is 10.2 Å².